The molecule has 2 rings (SSSR count). The fourth-order valence-electron chi connectivity index (χ4n) is 2.85. The first-order valence-corrected chi connectivity index (χ1v) is 8.20. The van der Waals surface area contributed by atoms with Crippen molar-refractivity contribution < 1.29 is 14.7 Å². The Kier molecular flexibility index (Phi) is 5.77. The molecule has 0 radical (unpaired) electrons. The highest BCUT2D eigenvalue weighted by Gasteiger charge is 2.34. The van der Waals surface area contributed by atoms with Gasteiger partial charge in [0.15, 0.2) is 0 Å². The van der Waals surface area contributed by atoms with Crippen molar-refractivity contribution in [3.63, 3.8) is 0 Å². The molecule has 5 heteroatoms. The van der Waals surface area contributed by atoms with Crippen molar-refractivity contribution in [1.29, 1.82) is 0 Å². The van der Waals surface area contributed by atoms with Crippen LogP contribution in [0.25, 0.3) is 0 Å². The predicted octanol–water partition coefficient (Wildman–Crippen LogP) is 1.48. The van der Waals surface area contributed by atoms with Gasteiger partial charge in [-0.05, 0) is 24.0 Å². The van der Waals surface area contributed by atoms with Crippen LogP contribution in [0, 0.1) is 5.92 Å². The average molecular weight is 318 g/mol. The summed E-state index contributed by atoms with van der Waals surface area (Å²) in [5, 5.41) is 12.1. The number of aliphatic hydroxyl groups excluding tert-OH is 1. The molecule has 2 unspecified atom stereocenters. The lowest BCUT2D eigenvalue weighted by Gasteiger charge is -2.36. The molecule has 0 saturated heterocycles. The summed E-state index contributed by atoms with van der Waals surface area (Å²) in [7, 11) is 0. The van der Waals surface area contributed by atoms with Crippen molar-refractivity contribution in [2.75, 3.05) is 6.54 Å². The van der Waals surface area contributed by atoms with Gasteiger partial charge in [-0.25, -0.2) is 0 Å². The molecular weight excluding hydrogens is 292 g/mol. The standard InChI is InChI=1S/C18H26N2O3/c1-12(2)8-17(22)20-11-15-7-5-4-6-14(15)9-16(20)18(23)19-10-13(3)21/h4-7,12-13,16,21H,8-11H2,1-3H3,(H,19,23). The van der Waals surface area contributed by atoms with Crippen LogP contribution in [0.5, 0.6) is 0 Å². The molecule has 23 heavy (non-hydrogen) atoms. The van der Waals surface area contributed by atoms with E-state index in [1.807, 2.05) is 38.1 Å². The third kappa shape index (κ3) is 4.55. The van der Waals surface area contributed by atoms with Gasteiger partial charge in [0.2, 0.25) is 11.8 Å². The van der Waals surface area contributed by atoms with Crippen LogP contribution >= 0.6 is 0 Å². The molecule has 5 nitrogen and oxygen atoms in total. The maximum absolute atomic E-state index is 12.6. The topological polar surface area (TPSA) is 69.6 Å². The summed E-state index contributed by atoms with van der Waals surface area (Å²) < 4.78 is 0. The number of hydrogen-bond donors (Lipinski definition) is 2. The molecule has 0 aliphatic carbocycles. The second kappa shape index (κ2) is 7.59. The van der Waals surface area contributed by atoms with E-state index in [2.05, 4.69) is 5.32 Å². The van der Waals surface area contributed by atoms with Crippen molar-refractivity contribution >= 4 is 11.8 Å². The van der Waals surface area contributed by atoms with Crippen molar-refractivity contribution in [1.82, 2.24) is 10.2 Å². The molecule has 2 amide bonds. The summed E-state index contributed by atoms with van der Waals surface area (Å²) in [6.45, 7) is 6.28. The lowest BCUT2D eigenvalue weighted by atomic mass is 9.92. The summed E-state index contributed by atoms with van der Waals surface area (Å²) in [6, 6.07) is 7.42. The predicted molar refractivity (Wildman–Crippen MR) is 88.6 cm³/mol. The van der Waals surface area contributed by atoms with Gasteiger partial charge >= 0.3 is 0 Å². The summed E-state index contributed by atoms with van der Waals surface area (Å²) in [5.74, 6) is 0.0602. The number of carbonyl (C=O) groups is 2. The van der Waals surface area contributed by atoms with Gasteiger partial charge in [-0.3, -0.25) is 9.59 Å². The molecular formula is C18H26N2O3. The van der Waals surface area contributed by atoms with Crippen LogP contribution in [0.3, 0.4) is 0 Å². The lowest BCUT2D eigenvalue weighted by molar-refractivity contribution is -0.142. The lowest BCUT2D eigenvalue weighted by Crippen LogP contribution is -2.53. The minimum atomic E-state index is -0.602. The van der Waals surface area contributed by atoms with Crippen LogP contribution in [-0.2, 0) is 22.6 Å². The zero-order valence-corrected chi connectivity index (χ0v) is 14.1. The van der Waals surface area contributed by atoms with Crippen LogP contribution in [0.4, 0.5) is 0 Å². The van der Waals surface area contributed by atoms with Crippen LogP contribution < -0.4 is 5.32 Å². The van der Waals surface area contributed by atoms with Crippen LogP contribution in [0.2, 0.25) is 0 Å². The molecule has 1 aliphatic heterocycles. The van der Waals surface area contributed by atoms with E-state index in [0.717, 1.165) is 11.1 Å². The van der Waals surface area contributed by atoms with E-state index in [4.69, 9.17) is 0 Å². The Morgan fingerprint density at radius 1 is 1.26 bits per heavy atom. The minimum Gasteiger partial charge on any atom is -0.392 e. The van der Waals surface area contributed by atoms with E-state index >= 15 is 0 Å². The van der Waals surface area contributed by atoms with Gasteiger partial charge in [0, 0.05) is 25.9 Å². The Labute approximate surface area is 137 Å². The van der Waals surface area contributed by atoms with E-state index in [-0.39, 0.29) is 24.3 Å². The van der Waals surface area contributed by atoms with Gasteiger partial charge in [-0.15, -0.1) is 0 Å². The fraction of sp³-hybridized carbons (Fsp3) is 0.556. The molecule has 1 aromatic carbocycles. The Morgan fingerprint density at radius 2 is 1.91 bits per heavy atom. The van der Waals surface area contributed by atoms with Gasteiger partial charge in [0.25, 0.3) is 0 Å². The number of fused-ring (bicyclic) bond motifs is 1. The Balaban J connectivity index is 2.20. The zero-order valence-electron chi connectivity index (χ0n) is 14.1. The molecule has 1 aromatic rings. The molecule has 2 N–H and O–H groups in total. The highest BCUT2D eigenvalue weighted by atomic mass is 16.3. The van der Waals surface area contributed by atoms with Crippen LogP contribution in [-0.4, -0.2) is 40.5 Å². The van der Waals surface area contributed by atoms with E-state index in [9.17, 15) is 14.7 Å². The average Bonchev–Trinajstić information content (AvgIpc) is 2.50. The van der Waals surface area contributed by atoms with Gasteiger partial charge < -0.3 is 15.3 Å². The first-order chi connectivity index (χ1) is 10.9. The minimum absolute atomic E-state index is 0.00620. The third-order valence-corrected chi connectivity index (χ3v) is 4.03. The smallest absolute Gasteiger partial charge is 0.243 e. The number of benzene rings is 1. The molecule has 1 aliphatic rings. The van der Waals surface area contributed by atoms with Crippen molar-refractivity contribution in [3.8, 4) is 0 Å². The molecule has 0 bridgehead atoms. The molecule has 0 saturated carbocycles. The summed E-state index contributed by atoms with van der Waals surface area (Å²) >= 11 is 0. The highest BCUT2D eigenvalue weighted by molar-refractivity contribution is 5.88. The fourth-order valence-corrected chi connectivity index (χ4v) is 2.85. The van der Waals surface area contributed by atoms with E-state index in [1.165, 1.54) is 0 Å². The normalized spacial score (nSPS) is 18.5. The van der Waals surface area contributed by atoms with E-state index in [1.54, 1.807) is 11.8 Å². The van der Waals surface area contributed by atoms with Crippen LogP contribution in [0.15, 0.2) is 24.3 Å². The number of aliphatic hydroxyl groups is 1. The van der Waals surface area contributed by atoms with Crippen molar-refractivity contribution in [3.05, 3.63) is 35.4 Å². The second-order valence-corrected chi connectivity index (χ2v) is 6.70. The molecule has 0 spiro atoms. The Hall–Kier alpha value is -1.88. The number of amides is 2. The second-order valence-electron chi connectivity index (χ2n) is 6.70. The Morgan fingerprint density at radius 3 is 2.52 bits per heavy atom. The van der Waals surface area contributed by atoms with Gasteiger partial charge in [0.05, 0.1) is 6.10 Å². The number of rotatable bonds is 5. The molecule has 126 valence electrons. The molecule has 2 atom stereocenters. The number of nitrogens with one attached hydrogen (secondary N) is 1. The largest absolute Gasteiger partial charge is 0.392 e. The highest BCUT2D eigenvalue weighted by Crippen LogP contribution is 2.24. The van der Waals surface area contributed by atoms with Gasteiger partial charge in [-0.1, -0.05) is 38.1 Å². The monoisotopic (exact) mass is 318 g/mol. The van der Waals surface area contributed by atoms with Gasteiger partial charge in [0.1, 0.15) is 6.04 Å². The van der Waals surface area contributed by atoms with E-state index < -0.39 is 12.1 Å². The molecule has 1 heterocycles. The summed E-state index contributed by atoms with van der Waals surface area (Å²) in [5.41, 5.74) is 2.21. The van der Waals surface area contributed by atoms with Crippen molar-refractivity contribution in [2.24, 2.45) is 5.92 Å². The number of nitrogens with zero attached hydrogens (tertiary/aromatic N) is 1. The quantitative estimate of drug-likeness (QED) is 0.864. The summed E-state index contributed by atoms with van der Waals surface area (Å²) in [6.07, 6.45) is 0.350. The van der Waals surface area contributed by atoms with Crippen LogP contribution in [0.1, 0.15) is 38.3 Å². The number of carbonyl (C=O) groups excluding carboxylic acids is 2. The molecule has 0 fully saturated rings. The Bertz CT molecular complexity index is 569. The van der Waals surface area contributed by atoms with E-state index in [0.29, 0.717) is 19.4 Å². The first-order valence-electron chi connectivity index (χ1n) is 8.20. The summed E-state index contributed by atoms with van der Waals surface area (Å²) in [4.78, 5) is 26.7. The molecule has 0 aromatic heterocycles. The third-order valence-electron chi connectivity index (χ3n) is 4.03. The number of hydrogen-bond acceptors (Lipinski definition) is 3. The zero-order chi connectivity index (χ0) is 17.0. The van der Waals surface area contributed by atoms with Gasteiger partial charge in [-0.2, -0.15) is 0 Å². The first kappa shape index (κ1) is 17.5. The maximum Gasteiger partial charge on any atom is 0.243 e. The SMILES string of the molecule is CC(C)CC(=O)N1Cc2ccccc2CC1C(=O)NCC(C)O. The maximum atomic E-state index is 12.6. The van der Waals surface area contributed by atoms with Crippen molar-refractivity contribution in [2.45, 2.75) is 52.3 Å².